The van der Waals surface area contributed by atoms with Gasteiger partial charge < -0.3 is 0 Å². The van der Waals surface area contributed by atoms with Crippen LogP contribution in [0.2, 0.25) is 5.04 Å². The van der Waals surface area contributed by atoms with Crippen molar-refractivity contribution < 1.29 is 0 Å². The van der Waals surface area contributed by atoms with Crippen LogP contribution in [-0.4, -0.2) is 8.07 Å². The quantitative estimate of drug-likeness (QED) is 0.0990. The Morgan fingerprint density at radius 1 is 0.404 bits per heavy atom. The van der Waals surface area contributed by atoms with Gasteiger partial charge in [0.1, 0.15) is 0 Å². The molecule has 1 heteroatoms. The summed E-state index contributed by atoms with van der Waals surface area (Å²) in [5.41, 5.74) is 16.4. The van der Waals surface area contributed by atoms with Gasteiger partial charge in [-0.05, 0) is 115 Å². The molecular weight excluding hydrogens is 641 g/mol. The average molecular weight is 693 g/mol. The second-order valence-electron chi connectivity index (χ2n) is 15.6. The van der Waals surface area contributed by atoms with Gasteiger partial charge in [-0.25, -0.2) is 0 Å². The summed E-state index contributed by atoms with van der Waals surface area (Å²) in [6.45, 7) is 16.1. The van der Waals surface area contributed by atoms with Crippen molar-refractivity contribution in [1.82, 2.24) is 0 Å². The van der Waals surface area contributed by atoms with Crippen molar-refractivity contribution in [3.8, 4) is 0 Å². The van der Waals surface area contributed by atoms with E-state index in [9.17, 15) is 0 Å². The molecule has 7 rings (SSSR count). The highest BCUT2D eigenvalue weighted by molar-refractivity contribution is 7.14. The summed E-state index contributed by atoms with van der Waals surface area (Å²) in [6, 6.07) is 56.2. The van der Waals surface area contributed by atoms with Gasteiger partial charge in [0, 0.05) is 5.04 Å². The highest BCUT2D eigenvalue weighted by Crippen LogP contribution is 2.53. The minimum Gasteiger partial charge on any atom is -0.0730 e. The lowest BCUT2D eigenvalue weighted by atomic mass is 10.0. The molecule has 0 N–H and O–H groups in total. The Labute approximate surface area is 313 Å². The second kappa shape index (κ2) is 14.6. The molecule has 0 heterocycles. The fourth-order valence-corrected chi connectivity index (χ4v) is 14.9. The molecule has 260 valence electrons. The number of hydrogen-bond donors (Lipinski definition) is 0. The molecule has 52 heavy (non-hydrogen) atoms. The molecule has 0 amide bonds. The zero-order valence-corrected chi connectivity index (χ0v) is 33.1. The Morgan fingerprint density at radius 2 is 0.731 bits per heavy atom. The van der Waals surface area contributed by atoms with E-state index in [-0.39, 0.29) is 5.04 Å². The van der Waals surface area contributed by atoms with E-state index < -0.39 is 8.07 Å². The highest BCUT2D eigenvalue weighted by atomic mass is 28.3. The Hall–Kier alpha value is -4.98. The molecule has 6 aromatic rings. The summed E-state index contributed by atoms with van der Waals surface area (Å²) < 4.78 is 0. The molecule has 0 saturated carbocycles. The van der Waals surface area contributed by atoms with E-state index in [1.807, 2.05) is 0 Å². The fraction of sp³-hybridized carbons (Fsp3) is 0.216. The normalized spacial score (nSPS) is 15.9. The van der Waals surface area contributed by atoms with E-state index in [0.29, 0.717) is 0 Å². The predicted octanol–water partition coefficient (Wildman–Crippen LogP) is 10.9. The second-order valence-corrected chi connectivity index (χ2v) is 19.9. The van der Waals surface area contributed by atoms with E-state index >= 15 is 0 Å². The lowest BCUT2D eigenvalue weighted by Gasteiger charge is -2.47. The molecule has 0 saturated heterocycles. The van der Waals surface area contributed by atoms with Crippen LogP contribution in [0.25, 0.3) is 0 Å². The average Bonchev–Trinajstić information content (AvgIpc) is 3.34. The van der Waals surface area contributed by atoms with Gasteiger partial charge >= 0.3 is 0 Å². The van der Waals surface area contributed by atoms with Crippen LogP contribution < -0.4 is 15.6 Å². The lowest BCUT2D eigenvalue weighted by Crippen LogP contribution is -2.73. The number of allylic oxidation sites excluding steroid dienone is 4. The summed E-state index contributed by atoms with van der Waals surface area (Å²) >= 11 is 0. The van der Waals surface area contributed by atoms with Gasteiger partial charge in [-0.15, -0.1) is 0 Å². The molecule has 0 bridgehead atoms. The monoisotopic (exact) mass is 692 g/mol. The summed E-state index contributed by atoms with van der Waals surface area (Å²) in [5, 5.41) is 4.22. The number of rotatable bonds is 10. The highest BCUT2D eigenvalue weighted by Gasteiger charge is 2.56. The first kappa shape index (κ1) is 35.4. The molecule has 1 atom stereocenters. The van der Waals surface area contributed by atoms with E-state index in [4.69, 9.17) is 0 Å². The molecule has 0 radical (unpaired) electrons. The fourth-order valence-electron chi connectivity index (χ4n) is 8.69. The van der Waals surface area contributed by atoms with E-state index in [0.717, 1.165) is 19.3 Å². The number of aryl methyl sites for hydroxylation is 3. The van der Waals surface area contributed by atoms with E-state index in [1.54, 1.807) is 0 Å². The van der Waals surface area contributed by atoms with Crippen LogP contribution in [0.1, 0.15) is 77.8 Å². The van der Waals surface area contributed by atoms with Crippen molar-refractivity contribution in [3.05, 3.63) is 218 Å². The molecule has 0 aromatic heterocycles. The maximum absolute atomic E-state index is 2.87. The van der Waals surface area contributed by atoms with Gasteiger partial charge in [0.25, 0.3) is 0 Å². The lowest BCUT2D eigenvalue weighted by molar-refractivity contribution is 0.870. The van der Waals surface area contributed by atoms with Gasteiger partial charge in [0.15, 0.2) is 8.07 Å². The van der Waals surface area contributed by atoms with Gasteiger partial charge in [-0.1, -0.05) is 186 Å². The van der Waals surface area contributed by atoms with Crippen molar-refractivity contribution in [1.29, 1.82) is 0 Å². The van der Waals surface area contributed by atoms with Crippen LogP contribution in [-0.2, 0) is 19.3 Å². The van der Waals surface area contributed by atoms with Crippen LogP contribution >= 0.6 is 0 Å². The Morgan fingerprint density at radius 3 is 1.02 bits per heavy atom. The van der Waals surface area contributed by atoms with Gasteiger partial charge in [0.05, 0.1) is 0 Å². The maximum Gasteiger partial charge on any atom is 0.161 e. The molecule has 1 aliphatic rings. The third-order valence-corrected chi connectivity index (χ3v) is 17.5. The Balaban J connectivity index is 1.48. The van der Waals surface area contributed by atoms with Crippen molar-refractivity contribution in [2.24, 2.45) is 0 Å². The SMILES string of the molecule is CC1=CC(C)([Si](c2cccc(Cc3ccc(C)cc3)c2)(c2cccc(Cc3ccc(C)cc3)c2)c2cccc(Cc3ccc(C)cc3)c2)C(C)=C1C. The van der Waals surface area contributed by atoms with Crippen LogP contribution in [0.5, 0.6) is 0 Å². The smallest absolute Gasteiger partial charge is 0.0730 e. The van der Waals surface area contributed by atoms with Crippen LogP contribution in [0.4, 0.5) is 0 Å². The molecule has 0 aliphatic heterocycles. The van der Waals surface area contributed by atoms with Crippen LogP contribution in [0, 0.1) is 20.8 Å². The summed E-state index contributed by atoms with van der Waals surface area (Å²) in [6.07, 6.45) is 5.38. The van der Waals surface area contributed by atoms with Gasteiger partial charge in [-0.3, -0.25) is 0 Å². The molecular formula is C51H52Si. The van der Waals surface area contributed by atoms with E-state index in [2.05, 4.69) is 200 Å². The maximum atomic E-state index is 2.63. The molecule has 6 aromatic carbocycles. The largest absolute Gasteiger partial charge is 0.161 e. The van der Waals surface area contributed by atoms with E-state index in [1.165, 1.54) is 82.4 Å². The zero-order valence-electron chi connectivity index (χ0n) is 32.1. The minimum absolute atomic E-state index is 0.186. The van der Waals surface area contributed by atoms with Crippen molar-refractivity contribution in [2.45, 2.75) is 72.8 Å². The first-order valence-electron chi connectivity index (χ1n) is 18.9. The molecule has 0 spiro atoms. The van der Waals surface area contributed by atoms with Crippen molar-refractivity contribution in [3.63, 3.8) is 0 Å². The summed E-state index contributed by atoms with van der Waals surface area (Å²) in [7, 11) is -2.87. The van der Waals surface area contributed by atoms with Crippen LogP contribution in [0.15, 0.2) is 168 Å². The van der Waals surface area contributed by atoms with Crippen LogP contribution in [0.3, 0.4) is 0 Å². The van der Waals surface area contributed by atoms with Gasteiger partial charge in [0.2, 0.25) is 0 Å². The third kappa shape index (κ3) is 6.83. The topological polar surface area (TPSA) is 0 Å². The van der Waals surface area contributed by atoms with Crippen molar-refractivity contribution in [2.75, 3.05) is 0 Å². The predicted molar refractivity (Wildman–Crippen MR) is 226 cm³/mol. The molecule has 0 fully saturated rings. The van der Waals surface area contributed by atoms with Gasteiger partial charge in [-0.2, -0.15) is 0 Å². The number of hydrogen-bond acceptors (Lipinski definition) is 0. The number of benzene rings is 6. The first-order valence-corrected chi connectivity index (χ1v) is 20.9. The minimum atomic E-state index is -2.87. The van der Waals surface area contributed by atoms with Crippen molar-refractivity contribution >= 4 is 23.6 Å². The molecule has 0 nitrogen and oxygen atoms in total. The zero-order chi connectivity index (χ0) is 36.5. The first-order chi connectivity index (χ1) is 25.0. The summed E-state index contributed by atoms with van der Waals surface area (Å²) in [5.74, 6) is 0. The third-order valence-electron chi connectivity index (χ3n) is 11.9. The Bertz CT molecular complexity index is 2050. The Kier molecular flexibility index (Phi) is 9.92. The standard InChI is InChI=1S/C51H52Si/c1-36-17-23-42(24-18-36)29-45-11-8-14-48(32-45)52(51(7)35-39(4)40(5)41(51)6,49-15-9-12-46(33-49)30-43-25-19-37(2)20-26-43)50-16-10-13-47(34-50)31-44-27-21-38(3)22-28-44/h8-28,32-35H,29-31H2,1-7H3. The molecule has 1 unspecified atom stereocenters. The summed E-state index contributed by atoms with van der Waals surface area (Å²) in [4.78, 5) is 0. The molecule has 1 aliphatic carbocycles.